The quantitative estimate of drug-likeness (QED) is 0.537. The number of ether oxygens (including phenoxy) is 1. The van der Waals surface area contributed by atoms with Crippen LogP contribution in [-0.4, -0.2) is 61.2 Å². The molecular weight excluding hydrogens is 388 g/mol. The fourth-order valence-electron chi connectivity index (χ4n) is 4.26. The van der Waals surface area contributed by atoms with E-state index in [2.05, 4.69) is 6.58 Å². The predicted octanol–water partition coefficient (Wildman–Crippen LogP) is 4.42. The van der Waals surface area contributed by atoms with Crippen LogP contribution in [-0.2, 0) is 14.8 Å². The summed E-state index contributed by atoms with van der Waals surface area (Å²) in [5.41, 5.74) is -0.436. The topological polar surface area (TPSA) is 66.9 Å². The highest BCUT2D eigenvalue weighted by Gasteiger charge is 2.29. The number of carbonyl (C=O) groups is 1. The van der Waals surface area contributed by atoms with Gasteiger partial charge >= 0.3 is 6.09 Å². The molecule has 0 saturated carbocycles. The maximum atomic E-state index is 12.3. The summed E-state index contributed by atoms with van der Waals surface area (Å²) in [7, 11) is -3.11. The zero-order valence-corrected chi connectivity index (χ0v) is 19.4. The van der Waals surface area contributed by atoms with Crippen LogP contribution in [0.1, 0.15) is 72.1 Å². The van der Waals surface area contributed by atoms with Crippen molar-refractivity contribution in [2.45, 2.75) is 77.7 Å². The highest BCUT2D eigenvalue weighted by Crippen LogP contribution is 2.28. The molecule has 2 saturated heterocycles. The minimum absolute atomic E-state index is 0.184. The van der Waals surface area contributed by atoms with Crippen LogP contribution in [0.2, 0.25) is 0 Å². The molecule has 0 unspecified atom stereocenters. The van der Waals surface area contributed by atoms with E-state index in [9.17, 15) is 13.2 Å². The number of hydrogen-bond donors (Lipinski definition) is 0. The fraction of sp³-hybridized carbons (Fsp3) is 0.864. The number of allylic oxidation sites excluding steroid dienone is 1. The normalized spacial score (nSPS) is 20.6. The molecule has 2 rings (SSSR count). The first kappa shape index (κ1) is 24.2. The Kier molecular flexibility index (Phi) is 9.01. The van der Waals surface area contributed by atoms with Crippen molar-refractivity contribution in [1.82, 2.24) is 9.21 Å². The Bertz CT molecular complexity index is 626. The summed E-state index contributed by atoms with van der Waals surface area (Å²) >= 11 is 0. The van der Waals surface area contributed by atoms with Crippen LogP contribution in [0.15, 0.2) is 12.7 Å². The van der Waals surface area contributed by atoms with Crippen molar-refractivity contribution in [3.63, 3.8) is 0 Å². The van der Waals surface area contributed by atoms with Gasteiger partial charge in [0.1, 0.15) is 5.60 Å². The number of nitrogens with zero attached hydrogens (tertiary/aromatic N) is 2. The van der Waals surface area contributed by atoms with E-state index in [0.717, 1.165) is 38.8 Å². The Balaban J connectivity index is 1.61. The van der Waals surface area contributed by atoms with Gasteiger partial charge in [0.25, 0.3) is 0 Å². The van der Waals surface area contributed by atoms with Crippen LogP contribution in [0.5, 0.6) is 0 Å². The Morgan fingerprint density at radius 1 is 1.03 bits per heavy atom. The molecule has 7 heteroatoms. The predicted molar refractivity (Wildman–Crippen MR) is 117 cm³/mol. The summed E-state index contributed by atoms with van der Waals surface area (Å²) < 4.78 is 31.7. The highest BCUT2D eigenvalue weighted by molar-refractivity contribution is 7.89. The Morgan fingerprint density at radius 2 is 1.55 bits per heavy atom. The maximum Gasteiger partial charge on any atom is 0.410 e. The molecule has 1 amide bonds. The number of rotatable bonds is 8. The lowest BCUT2D eigenvalue weighted by Crippen LogP contribution is -2.41. The molecule has 168 valence electrons. The zero-order valence-electron chi connectivity index (χ0n) is 18.6. The molecule has 0 aromatic heterocycles. The lowest BCUT2D eigenvalue weighted by Gasteiger charge is -2.34. The number of likely N-dealkylation sites (tertiary alicyclic amines) is 1. The van der Waals surface area contributed by atoms with Gasteiger partial charge < -0.3 is 9.64 Å². The summed E-state index contributed by atoms with van der Waals surface area (Å²) in [5.74, 6) is 1.51. The van der Waals surface area contributed by atoms with Gasteiger partial charge in [0, 0.05) is 26.2 Å². The monoisotopic (exact) mass is 428 g/mol. The molecule has 0 bridgehead atoms. The minimum Gasteiger partial charge on any atom is -0.444 e. The van der Waals surface area contributed by atoms with Gasteiger partial charge in [-0.25, -0.2) is 17.5 Å². The lowest BCUT2D eigenvalue weighted by molar-refractivity contribution is 0.0180. The maximum absolute atomic E-state index is 12.3. The van der Waals surface area contributed by atoms with Gasteiger partial charge in [-0.05, 0) is 64.7 Å². The van der Waals surface area contributed by atoms with Crippen molar-refractivity contribution >= 4 is 16.1 Å². The first-order valence-corrected chi connectivity index (χ1v) is 12.8. The van der Waals surface area contributed by atoms with Crippen LogP contribution < -0.4 is 0 Å². The van der Waals surface area contributed by atoms with Crippen LogP contribution in [0, 0.1) is 11.8 Å². The van der Waals surface area contributed by atoms with Gasteiger partial charge in [0.15, 0.2) is 0 Å². The van der Waals surface area contributed by atoms with Crippen molar-refractivity contribution in [3.8, 4) is 0 Å². The van der Waals surface area contributed by atoms with E-state index < -0.39 is 15.6 Å². The molecular formula is C22H40N2O4S. The van der Waals surface area contributed by atoms with Gasteiger partial charge in [-0.2, -0.15) is 0 Å². The molecule has 0 N–H and O–H groups in total. The van der Waals surface area contributed by atoms with E-state index in [0.29, 0.717) is 31.3 Å². The minimum atomic E-state index is -3.11. The summed E-state index contributed by atoms with van der Waals surface area (Å²) in [5, 5.41) is 0. The highest BCUT2D eigenvalue weighted by atomic mass is 32.2. The van der Waals surface area contributed by atoms with Gasteiger partial charge in [0.05, 0.1) is 5.75 Å². The Labute approximate surface area is 177 Å². The number of sulfonamides is 1. The van der Waals surface area contributed by atoms with Crippen LogP contribution >= 0.6 is 0 Å². The number of amides is 1. The number of carbonyl (C=O) groups excluding carboxylic acids is 1. The van der Waals surface area contributed by atoms with Crippen molar-refractivity contribution in [1.29, 1.82) is 0 Å². The standard InChI is InChI=1S/C22H40N2O4S/c1-5-6-18-29(26,27)24-16-12-20(13-17-24)9-7-8-19-10-14-23(15-11-19)21(25)28-22(2,3)4/h5,19-20H,1,6-18H2,2-4H3. The molecule has 2 aliphatic rings. The van der Waals surface area contributed by atoms with E-state index in [1.807, 2.05) is 25.7 Å². The van der Waals surface area contributed by atoms with Crippen LogP contribution in [0.25, 0.3) is 0 Å². The molecule has 2 fully saturated rings. The first-order valence-electron chi connectivity index (χ1n) is 11.2. The third kappa shape index (κ3) is 8.28. The van der Waals surface area contributed by atoms with Gasteiger partial charge in [-0.15, -0.1) is 6.58 Å². The molecule has 2 heterocycles. The van der Waals surface area contributed by atoms with E-state index in [1.165, 1.54) is 19.3 Å². The fourth-order valence-corrected chi connectivity index (χ4v) is 5.75. The molecule has 0 spiro atoms. The molecule has 0 aromatic carbocycles. The average molecular weight is 429 g/mol. The third-order valence-corrected chi connectivity index (χ3v) is 7.94. The van der Waals surface area contributed by atoms with Crippen LogP contribution in [0.3, 0.4) is 0 Å². The number of hydrogen-bond acceptors (Lipinski definition) is 4. The largest absolute Gasteiger partial charge is 0.444 e. The molecule has 2 aliphatic heterocycles. The molecule has 6 nitrogen and oxygen atoms in total. The van der Waals surface area contributed by atoms with Crippen molar-refractivity contribution < 1.29 is 17.9 Å². The van der Waals surface area contributed by atoms with Gasteiger partial charge in [-0.3, -0.25) is 0 Å². The van der Waals surface area contributed by atoms with Crippen molar-refractivity contribution in [3.05, 3.63) is 12.7 Å². The molecule has 0 aliphatic carbocycles. The summed E-state index contributed by atoms with van der Waals surface area (Å²) in [6, 6.07) is 0. The average Bonchev–Trinajstić information content (AvgIpc) is 2.66. The van der Waals surface area contributed by atoms with E-state index in [4.69, 9.17) is 4.74 Å². The van der Waals surface area contributed by atoms with E-state index >= 15 is 0 Å². The van der Waals surface area contributed by atoms with E-state index in [1.54, 1.807) is 10.4 Å². The Hall–Kier alpha value is -1.08. The van der Waals surface area contributed by atoms with Gasteiger partial charge in [-0.1, -0.05) is 25.3 Å². The molecule has 0 atom stereocenters. The number of piperidine rings is 2. The summed E-state index contributed by atoms with van der Waals surface area (Å²) in [4.78, 5) is 14.0. The van der Waals surface area contributed by atoms with Crippen molar-refractivity contribution in [2.24, 2.45) is 11.8 Å². The second-order valence-electron chi connectivity index (χ2n) is 9.58. The SMILES string of the molecule is C=CCCS(=O)(=O)N1CCC(CCCC2CCN(C(=O)OC(C)(C)C)CC2)CC1. The molecule has 0 radical (unpaired) electrons. The zero-order chi connectivity index (χ0) is 21.5. The van der Waals surface area contributed by atoms with E-state index in [-0.39, 0.29) is 11.8 Å². The summed E-state index contributed by atoms with van der Waals surface area (Å²) in [6.07, 6.45) is 9.66. The Morgan fingerprint density at radius 3 is 2.03 bits per heavy atom. The lowest BCUT2D eigenvalue weighted by atomic mass is 9.87. The molecule has 0 aromatic rings. The first-order chi connectivity index (χ1) is 13.6. The second-order valence-corrected chi connectivity index (χ2v) is 11.7. The van der Waals surface area contributed by atoms with Crippen LogP contribution in [0.4, 0.5) is 4.79 Å². The third-order valence-electron chi connectivity index (χ3n) is 6.04. The summed E-state index contributed by atoms with van der Waals surface area (Å²) in [6.45, 7) is 12.2. The smallest absolute Gasteiger partial charge is 0.410 e. The molecule has 29 heavy (non-hydrogen) atoms. The second kappa shape index (κ2) is 10.8. The van der Waals surface area contributed by atoms with Crippen molar-refractivity contribution in [2.75, 3.05) is 31.9 Å². The van der Waals surface area contributed by atoms with Gasteiger partial charge in [0.2, 0.25) is 10.0 Å².